The largest absolute Gasteiger partial charge is 0.467 e. The van der Waals surface area contributed by atoms with Gasteiger partial charge in [0, 0.05) is 19.0 Å². The maximum absolute atomic E-state index is 13.4. The molecule has 1 atom stereocenters. The topological polar surface area (TPSA) is 63.7 Å². The zero-order chi connectivity index (χ0) is 20.4. The summed E-state index contributed by atoms with van der Waals surface area (Å²) < 4.78 is 37.7. The molecular weight excluding hydrogens is 380 g/mol. The van der Waals surface area contributed by atoms with Crippen molar-refractivity contribution in [2.24, 2.45) is 0 Å². The van der Waals surface area contributed by atoms with Crippen molar-refractivity contribution >= 4 is 16.9 Å². The van der Waals surface area contributed by atoms with E-state index < -0.39 is 23.3 Å². The van der Waals surface area contributed by atoms with E-state index in [-0.39, 0.29) is 36.2 Å². The first-order valence-electron chi connectivity index (χ1n) is 9.06. The van der Waals surface area contributed by atoms with Crippen molar-refractivity contribution in [2.45, 2.75) is 19.1 Å². The Bertz CT molecular complexity index is 1160. The highest BCUT2D eigenvalue weighted by atomic mass is 19.1. The van der Waals surface area contributed by atoms with Crippen LogP contribution in [0.3, 0.4) is 0 Å². The van der Waals surface area contributed by atoms with Crippen molar-refractivity contribution < 1.29 is 22.4 Å². The highest BCUT2D eigenvalue weighted by molar-refractivity contribution is 5.93. The van der Waals surface area contributed by atoms with Crippen LogP contribution in [0.4, 0.5) is 8.78 Å². The molecule has 0 spiro atoms. The molecule has 0 saturated carbocycles. The van der Waals surface area contributed by atoms with E-state index in [1.54, 1.807) is 24.3 Å². The zero-order valence-corrected chi connectivity index (χ0v) is 15.3. The van der Waals surface area contributed by atoms with E-state index in [1.165, 1.54) is 23.3 Å². The van der Waals surface area contributed by atoms with E-state index in [1.807, 2.05) is 0 Å². The Balaban J connectivity index is 1.67. The number of alkyl halides is 1. The third-order valence-electron chi connectivity index (χ3n) is 4.61. The molecular formula is C22H17F2NO4. The molecule has 5 nitrogen and oxygen atoms in total. The summed E-state index contributed by atoms with van der Waals surface area (Å²) >= 11 is 0. The number of rotatable bonds is 5. The average molecular weight is 397 g/mol. The smallest absolute Gasteiger partial charge is 0.290 e. The van der Waals surface area contributed by atoms with Crippen LogP contribution in [-0.2, 0) is 6.54 Å². The quantitative estimate of drug-likeness (QED) is 0.641. The third kappa shape index (κ3) is 4.18. The second-order valence-corrected chi connectivity index (χ2v) is 6.75. The Kier molecular flexibility index (Phi) is 5.12. The number of amides is 1. The van der Waals surface area contributed by atoms with Crippen LogP contribution in [0.15, 0.2) is 80.1 Å². The number of carbonyl (C=O) groups is 1. The maximum atomic E-state index is 13.4. The lowest BCUT2D eigenvalue weighted by Gasteiger charge is -2.23. The van der Waals surface area contributed by atoms with Crippen LogP contribution in [0.25, 0.3) is 11.0 Å². The number of furan rings is 1. The molecule has 1 aromatic carbocycles. The van der Waals surface area contributed by atoms with Crippen LogP contribution in [0.2, 0.25) is 0 Å². The van der Waals surface area contributed by atoms with Gasteiger partial charge < -0.3 is 13.7 Å². The summed E-state index contributed by atoms with van der Waals surface area (Å²) in [6, 6.07) is 8.03. The van der Waals surface area contributed by atoms with Gasteiger partial charge in [-0.05, 0) is 35.9 Å². The monoisotopic (exact) mass is 397 g/mol. The van der Waals surface area contributed by atoms with E-state index in [0.29, 0.717) is 5.76 Å². The Morgan fingerprint density at radius 1 is 1.21 bits per heavy atom. The molecule has 0 bridgehead atoms. The lowest BCUT2D eigenvalue weighted by molar-refractivity contribution is 0.0717. The minimum Gasteiger partial charge on any atom is -0.467 e. The summed E-state index contributed by atoms with van der Waals surface area (Å²) in [4.78, 5) is 26.9. The Labute approximate surface area is 164 Å². The van der Waals surface area contributed by atoms with Crippen LogP contribution in [0.5, 0.6) is 0 Å². The summed E-state index contributed by atoms with van der Waals surface area (Å²) in [5.74, 6) is -0.705. The summed E-state index contributed by atoms with van der Waals surface area (Å²) in [5, 5.41) is 0.0612. The second-order valence-electron chi connectivity index (χ2n) is 6.75. The van der Waals surface area contributed by atoms with Crippen LogP contribution >= 0.6 is 0 Å². The van der Waals surface area contributed by atoms with E-state index in [9.17, 15) is 18.4 Å². The molecule has 29 heavy (non-hydrogen) atoms. The molecule has 0 radical (unpaired) electrons. The number of halogens is 2. The summed E-state index contributed by atoms with van der Waals surface area (Å²) in [5.41, 5.74) is 0.380. The van der Waals surface area contributed by atoms with Gasteiger partial charge in [-0.25, -0.2) is 8.78 Å². The molecule has 1 aliphatic rings. The first kappa shape index (κ1) is 18.9. The average Bonchev–Trinajstić information content (AvgIpc) is 3.22. The first-order chi connectivity index (χ1) is 14.0. The number of carbonyl (C=O) groups excluding carboxylic acids is 1. The number of benzene rings is 1. The zero-order valence-electron chi connectivity index (χ0n) is 15.3. The van der Waals surface area contributed by atoms with Crippen molar-refractivity contribution in [3.05, 3.63) is 94.0 Å². The number of fused-ring (bicyclic) bond motifs is 1. The summed E-state index contributed by atoms with van der Waals surface area (Å²) in [7, 11) is 0. The normalized spacial score (nSPS) is 16.1. The molecule has 0 unspecified atom stereocenters. The van der Waals surface area contributed by atoms with Crippen molar-refractivity contribution in [3.63, 3.8) is 0 Å². The highest BCUT2D eigenvalue weighted by Gasteiger charge is 2.22. The van der Waals surface area contributed by atoms with Gasteiger partial charge in [0.2, 0.25) is 0 Å². The first-order valence-corrected chi connectivity index (χ1v) is 9.06. The number of nitrogens with zero attached hydrogens (tertiary/aromatic N) is 1. The van der Waals surface area contributed by atoms with E-state index >= 15 is 0 Å². The fourth-order valence-electron chi connectivity index (χ4n) is 3.16. The van der Waals surface area contributed by atoms with Gasteiger partial charge in [0.05, 0.1) is 18.2 Å². The molecule has 0 aliphatic heterocycles. The lowest BCUT2D eigenvalue weighted by atomic mass is 10.1. The van der Waals surface area contributed by atoms with E-state index in [4.69, 9.17) is 8.83 Å². The van der Waals surface area contributed by atoms with E-state index in [2.05, 4.69) is 0 Å². The molecule has 0 N–H and O–H groups in total. The predicted molar refractivity (Wildman–Crippen MR) is 103 cm³/mol. The molecule has 148 valence electrons. The van der Waals surface area contributed by atoms with Crippen molar-refractivity contribution in [1.29, 1.82) is 0 Å². The molecule has 2 heterocycles. The SMILES string of the molecule is O=C(c1cc(=O)c2cc(F)ccc2o1)N(CC1=CC[C@@H](F)C=C1)Cc1ccco1. The summed E-state index contributed by atoms with van der Waals surface area (Å²) in [6.45, 7) is 0.329. The van der Waals surface area contributed by atoms with Crippen LogP contribution in [0, 0.1) is 5.82 Å². The third-order valence-corrected chi connectivity index (χ3v) is 4.61. The minimum atomic E-state index is -1.04. The molecule has 0 fully saturated rings. The van der Waals surface area contributed by atoms with Gasteiger partial charge in [-0.2, -0.15) is 0 Å². The van der Waals surface area contributed by atoms with Gasteiger partial charge in [-0.3, -0.25) is 9.59 Å². The van der Waals surface area contributed by atoms with Crippen LogP contribution in [-0.4, -0.2) is 23.5 Å². The highest BCUT2D eigenvalue weighted by Crippen LogP contribution is 2.19. The molecule has 1 aliphatic carbocycles. The molecule has 4 rings (SSSR count). The van der Waals surface area contributed by atoms with Crippen molar-refractivity contribution in [3.8, 4) is 0 Å². The predicted octanol–water partition coefficient (Wildman–Crippen LogP) is 4.39. The van der Waals surface area contributed by atoms with Crippen LogP contribution < -0.4 is 5.43 Å². The number of hydrogen-bond donors (Lipinski definition) is 0. The van der Waals surface area contributed by atoms with Gasteiger partial charge in [-0.1, -0.05) is 18.2 Å². The van der Waals surface area contributed by atoms with Gasteiger partial charge in [0.25, 0.3) is 5.91 Å². The van der Waals surface area contributed by atoms with Gasteiger partial charge >= 0.3 is 0 Å². The molecule has 3 aromatic rings. The molecule has 1 amide bonds. The Hall–Kier alpha value is -3.48. The van der Waals surface area contributed by atoms with Gasteiger partial charge in [0.1, 0.15) is 23.3 Å². The molecule has 7 heteroatoms. The van der Waals surface area contributed by atoms with Crippen LogP contribution in [0.1, 0.15) is 22.7 Å². The van der Waals surface area contributed by atoms with E-state index in [0.717, 1.165) is 23.8 Å². The fraction of sp³-hybridized carbons (Fsp3) is 0.182. The lowest BCUT2D eigenvalue weighted by Crippen LogP contribution is -2.33. The van der Waals surface area contributed by atoms with Gasteiger partial charge in [-0.15, -0.1) is 0 Å². The standard InChI is InChI=1S/C22H17F2NO4/c23-15-5-3-14(4-6-15)12-25(13-17-2-1-9-28-17)22(27)21-11-19(26)18-10-16(24)7-8-20(18)29-21/h1-5,7-11,15H,6,12-13H2/t15-/m0/s1. The molecule has 0 saturated heterocycles. The summed E-state index contributed by atoms with van der Waals surface area (Å²) in [6.07, 6.45) is 5.51. The fourth-order valence-corrected chi connectivity index (χ4v) is 3.16. The van der Waals surface area contributed by atoms with Crippen molar-refractivity contribution in [1.82, 2.24) is 4.90 Å². The number of hydrogen-bond acceptors (Lipinski definition) is 4. The second kappa shape index (κ2) is 7.87. The molecule has 2 aromatic heterocycles. The Morgan fingerprint density at radius 2 is 2.07 bits per heavy atom. The van der Waals surface area contributed by atoms with Gasteiger partial charge in [0.15, 0.2) is 11.2 Å². The number of allylic oxidation sites excluding steroid dienone is 2. The maximum Gasteiger partial charge on any atom is 0.290 e. The Morgan fingerprint density at radius 3 is 2.79 bits per heavy atom. The minimum absolute atomic E-state index is 0.0612. The van der Waals surface area contributed by atoms with Crippen molar-refractivity contribution in [2.75, 3.05) is 6.54 Å².